The first-order valence-corrected chi connectivity index (χ1v) is 6.61. The molecule has 3 N–H and O–H groups in total. The molecule has 2 unspecified atom stereocenters. The third kappa shape index (κ3) is 5.28. The molecule has 0 aliphatic carbocycles. The highest BCUT2D eigenvalue weighted by molar-refractivity contribution is 4.80. The Morgan fingerprint density at radius 2 is 2.25 bits per heavy atom. The van der Waals surface area contributed by atoms with E-state index in [0.29, 0.717) is 12.1 Å². The highest BCUT2D eigenvalue weighted by Crippen LogP contribution is 2.19. The lowest BCUT2D eigenvalue weighted by Crippen LogP contribution is -2.39. The fraction of sp³-hybridized carbons (Fsp3) is 1.00. The lowest BCUT2D eigenvalue weighted by atomic mass is 9.89. The Hall–Kier alpha value is -0.120. The predicted molar refractivity (Wildman–Crippen MR) is 68.6 cm³/mol. The topological polar surface area (TPSA) is 44.3 Å². The van der Waals surface area contributed by atoms with Crippen LogP contribution in [0.1, 0.15) is 46.5 Å². The van der Waals surface area contributed by atoms with Gasteiger partial charge < -0.3 is 15.7 Å². The maximum Gasteiger partial charge on any atom is 0.0436 e. The Kier molecular flexibility index (Phi) is 5.73. The lowest BCUT2D eigenvalue weighted by Gasteiger charge is -2.27. The number of hydrogen-bond acceptors (Lipinski definition) is 3. The SMILES string of the molecule is CC(CC1CCCN1)NCC(C)(C)CCO. The fourth-order valence-electron chi connectivity index (χ4n) is 2.31. The normalized spacial score (nSPS) is 23.6. The van der Waals surface area contributed by atoms with Gasteiger partial charge in [-0.05, 0) is 44.6 Å². The van der Waals surface area contributed by atoms with Crippen LogP contribution in [0.4, 0.5) is 0 Å². The molecule has 3 nitrogen and oxygen atoms in total. The van der Waals surface area contributed by atoms with Gasteiger partial charge in [-0.15, -0.1) is 0 Å². The van der Waals surface area contributed by atoms with Gasteiger partial charge in [-0.2, -0.15) is 0 Å². The largest absolute Gasteiger partial charge is 0.396 e. The molecule has 0 aromatic carbocycles. The van der Waals surface area contributed by atoms with Gasteiger partial charge in [0.1, 0.15) is 0 Å². The van der Waals surface area contributed by atoms with Crippen LogP contribution in [0.25, 0.3) is 0 Å². The summed E-state index contributed by atoms with van der Waals surface area (Å²) in [6, 6.07) is 1.28. The van der Waals surface area contributed by atoms with Gasteiger partial charge in [0.2, 0.25) is 0 Å². The average molecular weight is 228 g/mol. The summed E-state index contributed by atoms with van der Waals surface area (Å²) in [4.78, 5) is 0. The summed E-state index contributed by atoms with van der Waals surface area (Å²) in [6.07, 6.45) is 4.74. The van der Waals surface area contributed by atoms with Crippen LogP contribution in [0.3, 0.4) is 0 Å². The second-order valence-electron chi connectivity index (χ2n) is 5.95. The van der Waals surface area contributed by atoms with Crippen molar-refractivity contribution in [2.24, 2.45) is 5.41 Å². The molecule has 0 saturated carbocycles. The van der Waals surface area contributed by atoms with Crippen molar-refractivity contribution in [2.75, 3.05) is 19.7 Å². The molecule has 1 heterocycles. The molecule has 0 aromatic rings. The summed E-state index contributed by atoms with van der Waals surface area (Å²) in [7, 11) is 0. The number of aliphatic hydroxyl groups excluding tert-OH is 1. The minimum atomic E-state index is 0.201. The van der Waals surface area contributed by atoms with Gasteiger partial charge in [-0.25, -0.2) is 0 Å². The van der Waals surface area contributed by atoms with Crippen molar-refractivity contribution in [1.82, 2.24) is 10.6 Å². The third-order valence-corrected chi connectivity index (χ3v) is 3.52. The number of hydrogen-bond donors (Lipinski definition) is 3. The van der Waals surface area contributed by atoms with Crippen LogP contribution in [0, 0.1) is 5.41 Å². The molecule has 1 rings (SSSR count). The van der Waals surface area contributed by atoms with E-state index in [2.05, 4.69) is 31.4 Å². The van der Waals surface area contributed by atoms with Crippen molar-refractivity contribution in [3.05, 3.63) is 0 Å². The molecule has 1 fully saturated rings. The van der Waals surface area contributed by atoms with Crippen LogP contribution in [-0.4, -0.2) is 36.9 Å². The molecule has 1 aliphatic rings. The Balaban J connectivity index is 2.15. The monoisotopic (exact) mass is 228 g/mol. The summed E-state index contributed by atoms with van der Waals surface area (Å²) in [5.41, 5.74) is 0.201. The van der Waals surface area contributed by atoms with Gasteiger partial charge >= 0.3 is 0 Å². The molecule has 1 aliphatic heterocycles. The zero-order chi connectivity index (χ0) is 12.0. The van der Waals surface area contributed by atoms with Crippen molar-refractivity contribution in [3.63, 3.8) is 0 Å². The first-order valence-electron chi connectivity index (χ1n) is 6.61. The molecule has 0 spiro atoms. The molecule has 0 bridgehead atoms. The quantitative estimate of drug-likeness (QED) is 0.619. The lowest BCUT2D eigenvalue weighted by molar-refractivity contribution is 0.202. The van der Waals surface area contributed by atoms with Crippen molar-refractivity contribution in [1.29, 1.82) is 0 Å². The van der Waals surface area contributed by atoms with E-state index in [0.717, 1.165) is 13.0 Å². The van der Waals surface area contributed by atoms with Gasteiger partial charge in [0.05, 0.1) is 0 Å². The summed E-state index contributed by atoms with van der Waals surface area (Å²) < 4.78 is 0. The molecule has 3 heteroatoms. The molecule has 1 saturated heterocycles. The summed E-state index contributed by atoms with van der Waals surface area (Å²) in [6.45, 7) is 9.13. The maximum absolute atomic E-state index is 8.96. The standard InChI is InChI=1S/C13H28N2O/c1-11(9-12-5-4-7-14-12)15-10-13(2,3)6-8-16/h11-12,14-16H,4-10H2,1-3H3. The van der Waals surface area contributed by atoms with Crippen molar-refractivity contribution in [3.8, 4) is 0 Å². The van der Waals surface area contributed by atoms with Crippen molar-refractivity contribution in [2.45, 2.75) is 58.5 Å². The first-order chi connectivity index (χ1) is 7.53. The maximum atomic E-state index is 8.96. The fourth-order valence-corrected chi connectivity index (χ4v) is 2.31. The highest BCUT2D eigenvalue weighted by Gasteiger charge is 2.20. The summed E-state index contributed by atoms with van der Waals surface area (Å²) >= 11 is 0. The van der Waals surface area contributed by atoms with Gasteiger partial charge in [0.15, 0.2) is 0 Å². The van der Waals surface area contributed by atoms with Crippen LogP contribution >= 0.6 is 0 Å². The van der Waals surface area contributed by atoms with Crippen LogP contribution in [0.2, 0.25) is 0 Å². The Bertz CT molecular complexity index is 188. The Morgan fingerprint density at radius 1 is 1.50 bits per heavy atom. The molecular formula is C13H28N2O. The van der Waals surface area contributed by atoms with Crippen molar-refractivity contribution >= 4 is 0 Å². The molecule has 16 heavy (non-hydrogen) atoms. The summed E-state index contributed by atoms with van der Waals surface area (Å²) in [5, 5.41) is 16.1. The van der Waals surface area contributed by atoms with Crippen LogP contribution in [0.5, 0.6) is 0 Å². The molecular weight excluding hydrogens is 200 g/mol. The molecule has 0 aromatic heterocycles. The molecule has 0 radical (unpaired) electrons. The second kappa shape index (κ2) is 6.58. The van der Waals surface area contributed by atoms with Gasteiger partial charge in [0, 0.05) is 25.2 Å². The number of aliphatic hydroxyl groups is 1. The van der Waals surface area contributed by atoms with E-state index in [1.54, 1.807) is 0 Å². The van der Waals surface area contributed by atoms with Gasteiger partial charge in [-0.3, -0.25) is 0 Å². The number of nitrogens with one attached hydrogen (secondary N) is 2. The van der Waals surface area contributed by atoms with E-state index in [1.165, 1.54) is 25.8 Å². The smallest absolute Gasteiger partial charge is 0.0436 e. The minimum Gasteiger partial charge on any atom is -0.396 e. The van der Waals surface area contributed by atoms with E-state index in [-0.39, 0.29) is 12.0 Å². The summed E-state index contributed by atoms with van der Waals surface area (Å²) in [5.74, 6) is 0. The first kappa shape index (κ1) is 13.9. The van der Waals surface area contributed by atoms with Gasteiger partial charge in [-0.1, -0.05) is 13.8 Å². The van der Waals surface area contributed by atoms with Crippen LogP contribution in [-0.2, 0) is 0 Å². The Labute approximate surface area is 100 Å². The van der Waals surface area contributed by atoms with Crippen LogP contribution < -0.4 is 10.6 Å². The van der Waals surface area contributed by atoms with E-state index < -0.39 is 0 Å². The highest BCUT2D eigenvalue weighted by atomic mass is 16.3. The van der Waals surface area contributed by atoms with E-state index in [4.69, 9.17) is 5.11 Å². The predicted octanol–water partition coefficient (Wildman–Crippen LogP) is 1.52. The van der Waals surface area contributed by atoms with E-state index in [9.17, 15) is 0 Å². The van der Waals surface area contributed by atoms with E-state index >= 15 is 0 Å². The minimum absolute atomic E-state index is 0.201. The molecule has 2 atom stereocenters. The van der Waals surface area contributed by atoms with Crippen LogP contribution in [0.15, 0.2) is 0 Å². The number of rotatable bonds is 7. The molecule has 0 amide bonds. The average Bonchev–Trinajstić information content (AvgIpc) is 2.68. The Morgan fingerprint density at radius 3 is 2.81 bits per heavy atom. The zero-order valence-corrected chi connectivity index (χ0v) is 11.1. The third-order valence-electron chi connectivity index (χ3n) is 3.52. The zero-order valence-electron chi connectivity index (χ0n) is 11.1. The molecule has 96 valence electrons. The second-order valence-corrected chi connectivity index (χ2v) is 5.95. The van der Waals surface area contributed by atoms with E-state index in [1.807, 2.05) is 0 Å². The van der Waals surface area contributed by atoms with Crippen molar-refractivity contribution < 1.29 is 5.11 Å². The van der Waals surface area contributed by atoms with Gasteiger partial charge in [0.25, 0.3) is 0 Å².